The van der Waals surface area contributed by atoms with Gasteiger partial charge >= 0.3 is 5.69 Å². The van der Waals surface area contributed by atoms with Crippen molar-refractivity contribution in [1.82, 2.24) is 9.13 Å². The number of fused-ring (bicyclic) bond motifs is 1. The molecule has 0 spiro atoms. The zero-order valence-electron chi connectivity index (χ0n) is 15.2. The van der Waals surface area contributed by atoms with Crippen LogP contribution in [0.3, 0.4) is 0 Å². The lowest BCUT2D eigenvalue weighted by Crippen LogP contribution is -2.38. The van der Waals surface area contributed by atoms with Crippen LogP contribution in [0.5, 0.6) is 0 Å². The van der Waals surface area contributed by atoms with Crippen LogP contribution in [-0.4, -0.2) is 9.13 Å². The summed E-state index contributed by atoms with van der Waals surface area (Å²) in [7, 11) is 1.47. The van der Waals surface area contributed by atoms with Crippen LogP contribution in [0, 0.1) is 5.92 Å². The molecule has 0 saturated heterocycles. The van der Waals surface area contributed by atoms with E-state index in [9.17, 15) is 9.59 Å². The highest BCUT2D eigenvalue weighted by atomic mass is 16.2. The van der Waals surface area contributed by atoms with Crippen LogP contribution in [0.15, 0.2) is 68.3 Å². The molecular weight excluding hydrogens is 328 g/mol. The normalized spacial score (nSPS) is 11.7. The maximum Gasteiger partial charge on any atom is 0.332 e. The Morgan fingerprint density at radius 1 is 1.04 bits per heavy atom. The van der Waals surface area contributed by atoms with Crippen molar-refractivity contribution in [3.05, 3.63) is 74.9 Å². The van der Waals surface area contributed by atoms with Crippen LogP contribution in [0.1, 0.15) is 19.4 Å². The molecule has 0 aliphatic heterocycles. The van der Waals surface area contributed by atoms with E-state index in [-0.39, 0.29) is 17.2 Å². The largest absolute Gasteiger partial charge is 0.332 e. The average Bonchev–Trinajstić information content (AvgIpc) is 2.63. The van der Waals surface area contributed by atoms with Crippen LogP contribution in [-0.2, 0) is 20.1 Å². The zero-order chi connectivity index (χ0) is 18.7. The molecule has 0 radical (unpaired) electrons. The van der Waals surface area contributed by atoms with Crippen molar-refractivity contribution in [2.45, 2.75) is 26.9 Å². The van der Waals surface area contributed by atoms with Gasteiger partial charge in [0.25, 0.3) is 5.56 Å². The Labute approximate surface area is 151 Å². The fourth-order valence-electron chi connectivity index (χ4n) is 2.89. The van der Waals surface area contributed by atoms with E-state index in [1.165, 1.54) is 17.7 Å². The van der Waals surface area contributed by atoms with E-state index < -0.39 is 0 Å². The van der Waals surface area contributed by atoms with Crippen molar-refractivity contribution in [2.75, 3.05) is 0 Å². The predicted molar refractivity (Wildman–Crippen MR) is 103 cm³/mol. The van der Waals surface area contributed by atoms with Crippen LogP contribution in [0.2, 0.25) is 0 Å². The van der Waals surface area contributed by atoms with E-state index in [0.29, 0.717) is 18.9 Å². The van der Waals surface area contributed by atoms with Gasteiger partial charge in [-0.1, -0.05) is 56.3 Å². The summed E-state index contributed by atoms with van der Waals surface area (Å²) in [6.07, 6.45) is 0. The first kappa shape index (κ1) is 17.8. The molecule has 1 aromatic heterocycles. The van der Waals surface area contributed by atoms with E-state index in [1.807, 2.05) is 44.2 Å². The smallest absolute Gasteiger partial charge is 0.276 e. The van der Waals surface area contributed by atoms with Crippen molar-refractivity contribution >= 4 is 16.6 Å². The summed E-state index contributed by atoms with van der Waals surface area (Å²) in [6.45, 7) is 4.88. The number of hydrogen-bond donors (Lipinski definition) is 0. The van der Waals surface area contributed by atoms with Crippen LogP contribution in [0.4, 0.5) is 5.82 Å². The van der Waals surface area contributed by atoms with Gasteiger partial charge < -0.3 is 0 Å². The topological polar surface area (TPSA) is 68.7 Å². The fraction of sp³-hybridized carbons (Fsp3) is 0.300. The van der Waals surface area contributed by atoms with Crippen LogP contribution in [0.25, 0.3) is 10.8 Å². The fourth-order valence-corrected chi connectivity index (χ4v) is 2.89. The Hall–Kier alpha value is -3.02. The standard InChI is InChI=1S/C20H22N4O2/c1-14(2)13-24-18(11-19(25)23(3)20(24)26)22-21-12-16-9-6-8-15-7-4-5-10-17(15)16/h4-11,14H,12-13H2,1-3H3. The van der Waals surface area contributed by atoms with Crippen LogP contribution < -0.4 is 11.2 Å². The second kappa shape index (κ2) is 7.47. The molecule has 0 saturated carbocycles. The van der Waals surface area contributed by atoms with Gasteiger partial charge in [0.1, 0.15) is 0 Å². The van der Waals surface area contributed by atoms with Gasteiger partial charge in [-0.3, -0.25) is 13.9 Å². The Bertz CT molecular complexity index is 1070. The number of aromatic nitrogens is 2. The summed E-state index contributed by atoms with van der Waals surface area (Å²) in [6, 6.07) is 15.5. The molecule has 0 bridgehead atoms. The first-order chi connectivity index (χ1) is 12.5. The SMILES string of the molecule is CC(C)Cn1c(N=NCc2cccc3ccccc23)cc(=O)n(C)c1=O. The lowest BCUT2D eigenvalue weighted by molar-refractivity contribution is 0.489. The van der Waals surface area contributed by atoms with Gasteiger partial charge in [0.2, 0.25) is 0 Å². The molecule has 0 aliphatic carbocycles. The Kier molecular flexibility index (Phi) is 5.11. The molecule has 26 heavy (non-hydrogen) atoms. The lowest BCUT2D eigenvalue weighted by atomic mass is 10.1. The molecule has 6 heteroatoms. The van der Waals surface area contributed by atoms with E-state index in [4.69, 9.17) is 0 Å². The van der Waals surface area contributed by atoms with Crippen molar-refractivity contribution in [2.24, 2.45) is 23.2 Å². The van der Waals surface area contributed by atoms with Gasteiger partial charge in [-0.2, -0.15) is 5.11 Å². The zero-order valence-corrected chi connectivity index (χ0v) is 15.2. The summed E-state index contributed by atoms with van der Waals surface area (Å²) in [5, 5.41) is 10.7. The first-order valence-corrected chi connectivity index (χ1v) is 8.62. The molecule has 134 valence electrons. The highest BCUT2D eigenvalue weighted by molar-refractivity contribution is 5.85. The van der Waals surface area contributed by atoms with Crippen LogP contribution >= 0.6 is 0 Å². The minimum Gasteiger partial charge on any atom is -0.276 e. The Balaban J connectivity index is 1.95. The summed E-state index contributed by atoms with van der Waals surface area (Å²) < 4.78 is 2.59. The van der Waals surface area contributed by atoms with Gasteiger partial charge in [0.15, 0.2) is 5.82 Å². The van der Waals surface area contributed by atoms with E-state index >= 15 is 0 Å². The average molecular weight is 350 g/mol. The highest BCUT2D eigenvalue weighted by Gasteiger charge is 2.10. The maximum atomic E-state index is 12.4. The highest BCUT2D eigenvalue weighted by Crippen LogP contribution is 2.20. The molecule has 3 aromatic rings. The Morgan fingerprint density at radius 2 is 1.77 bits per heavy atom. The second-order valence-corrected chi connectivity index (χ2v) is 6.72. The predicted octanol–water partition coefficient (Wildman–Crippen LogP) is 3.64. The molecule has 0 atom stereocenters. The van der Waals surface area contributed by atoms with Crippen molar-refractivity contribution < 1.29 is 0 Å². The van der Waals surface area contributed by atoms with E-state index in [2.05, 4.69) is 22.4 Å². The third kappa shape index (κ3) is 3.64. The number of nitrogens with zero attached hydrogens (tertiary/aromatic N) is 4. The quantitative estimate of drug-likeness (QED) is 0.659. The van der Waals surface area contributed by atoms with Crippen molar-refractivity contribution in [3.63, 3.8) is 0 Å². The summed E-state index contributed by atoms with van der Waals surface area (Å²) >= 11 is 0. The summed E-state index contributed by atoms with van der Waals surface area (Å²) in [5.74, 6) is 0.546. The van der Waals surface area contributed by atoms with Gasteiger partial charge in [0, 0.05) is 19.7 Å². The van der Waals surface area contributed by atoms with Gasteiger partial charge in [-0.05, 0) is 22.3 Å². The van der Waals surface area contributed by atoms with Gasteiger partial charge in [0.05, 0.1) is 6.54 Å². The Morgan fingerprint density at radius 3 is 2.54 bits per heavy atom. The molecule has 0 N–H and O–H groups in total. The number of hydrogen-bond acceptors (Lipinski definition) is 4. The summed E-state index contributed by atoms with van der Waals surface area (Å²) in [5.41, 5.74) is 0.299. The molecule has 0 fully saturated rings. The second-order valence-electron chi connectivity index (χ2n) is 6.72. The first-order valence-electron chi connectivity index (χ1n) is 8.62. The minimum atomic E-state index is -0.380. The van der Waals surface area contributed by atoms with E-state index in [0.717, 1.165) is 20.9 Å². The van der Waals surface area contributed by atoms with Gasteiger partial charge in [-0.15, -0.1) is 5.11 Å². The van der Waals surface area contributed by atoms with Crippen molar-refractivity contribution in [1.29, 1.82) is 0 Å². The lowest BCUT2D eigenvalue weighted by Gasteiger charge is -2.12. The molecular formula is C20H22N4O2. The number of azo groups is 1. The molecule has 0 amide bonds. The van der Waals surface area contributed by atoms with E-state index in [1.54, 1.807) is 0 Å². The maximum absolute atomic E-state index is 12.4. The monoisotopic (exact) mass is 350 g/mol. The number of benzene rings is 2. The third-order valence-corrected chi connectivity index (χ3v) is 4.22. The summed E-state index contributed by atoms with van der Waals surface area (Å²) in [4.78, 5) is 24.3. The molecule has 2 aromatic carbocycles. The molecule has 0 aliphatic rings. The molecule has 1 heterocycles. The minimum absolute atomic E-state index is 0.247. The molecule has 6 nitrogen and oxygen atoms in total. The molecule has 3 rings (SSSR count). The van der Waals surface area contributed by atoms with Crippen molar-refractivity contribution in [3.8, 4) is 0 Å². The third-order valence-electron chi connectivity index (χ3n) is 4.22. The number of rotatable bonds is 5. The van der Waals surface area contributed by atoms with Gasteiger partial charge in [-0.25, -0.2) is 4.79 Å². The molecule has 0 unspecified atom stereocenters.